The molecule has 2 rings (SSSR count). The van der Waals surface area contributed by atoms with Gasteiger partial charge in [-0.3, -0.25) is 9.78 Å². The fraction of sp³-hybridized carbons (Fsp3) is 0.200. The largest absolute Gasteiger partial charge is 0.293 e. The zero-order valence-electron chi connectivity index (χ0n) is 10.4. The van der Waals surface area contributed by atoms with Crippen LogP contribution < -0.4 is 0 Å². The molecule has 0 aliphatic carbocycles. The first-order chi connectivity index (χ1) is 8.59. The summed E-state index contributed by atoms with van der Waals surface area (Å²) in [4.78, 5) is 16.4. The van der Waals surface area contributed by atoms with Crippen LogP contribution in [0.5, 0.6) is 0 Å². The van der Waals surface area contributed by atoms with Crippen LogP contribution in [0.1, 0.15) is 34.3 Å². The number of hydrogen-bond acceptors (Lipinski definition) is 2. The van der Waals surface area contributed by atoms with Crippen molar-refractivity contribution in [2.24, 2.45) is 0 Å². The summed E-state index contributed by atoms with van der Waals surface area (Å²) in [6.45, 7) is 3.93. The van der Waals surface area contributed by atoms with E-state index in [1.807, 2.05) is 44.2 Å². The van der Waals surface area contributed by atoms with Gasteiger partial charge in [-0.1, -0.05) is 28.9 Å². The normalized spacial score (nSPS) is 12.2. The van der Waals surface area contributed by atoms with Crippen LogP contribution in [0.3, 0.4) is 0 Å². The van der Waals surface area contributed by atoms with Gasteiger partial charge < -0.3 is 0 Å². The molecule has 1 heterocycles. The molecule has 0 bridgehead atoms. The SMILES string of the molecule is Cc1ccc(C(=O)C(C)c2ccncc2)c(Br)c1. The van der Waals surface area contributed by atoms with Gasteiger partial charge in [-0.2, -0.15) is 0 Å². The quantitative estimate of drug-likeness (QED) is 0.798. The van der Waals surface area contributed by atoms with Crippen molar-refractivity contribution in [2.45, 2.75) is 19.8 Å². The number of ketones is 1. The van der Waals surface area contributed by atoms with E-state index in [0.29, 0.717) is 0 Å². The molecule has 3 heteroatoms. The Morgan fingerprint density at radius 2 is 1.89 bits per heavy atom. The lowest BCUT2D eigenvalue weighted by Crippen LogP contribution is -2.10. The van der Waals surface area contributed by atoms with Gasteiger partial charge in [0, 0.05) is 28.3 Å². The van der Waals surface area contributed by atoms with Crippen molar-refractivity contribution in [3.8, 4) is 0 Å². The lowest BCUT2D eigenvalue weighted by atomic mass is 9.93. The molecule has 0 aliphatic heterocycles. The van der Waals surface area contributed by atoms with Gasteiger partial charge in [0.25, 0.3) is 0 Å². The van der Waals surface area contributed by atoms with E-state index in [-0.39, 0.29) is 11.7 Å². The summed E-state index contributed by atoms with van der Waals surface area (Å²) in [7, 11) is 0. The molecule has 0 N–H and O–H groups in total. The number of nitrogens with zero attached hydrogens (tertiary/aromatic N) is 1. The summed E-state index contributed by atoms with van der Waals surface area (Å²) < 4.78 is 0.855. The highest BCUT2D eigenvalue weighted by atomic mass is 79.9. The Balaban J connectivity index is 2.32. The average Bonchev–Trinajstić information content (AvgIpc) is 2.38. The van der Waals surface area contributed by atoms with Crippen LogP contribution in [0, 0.1) is 6.92 Å². The predicted molar refractivity (Wildman–Crippen MR) is 75.9 cm³/mol. The Kier molecular flexibility index (Phi) is 3.92. The third-order valence-corrected chi connectivity index (χ3v) is 3.65. The fourth-order valence-electron chi connectivity index (χ4n) is 1.86. The van der Waals surface area contributed by atoms with Gasteiger partial charge in [-0.05, 0) is 42.3 Å². The molecular weight excluding hydrogens is 290 g/mol. The minimum absolute atomic E-state index is 0.119. The first kappa shape index (κ1) is 13.0. The van der Waals surface area contributed by atoms with Gasteiger partial charge in [-0.15, -0.1) is 0 Å². The summed E-state index contributed by atoms with van der Waals surface area (Å²) in [5.74, 6) is -0.0416. The summed E-state index contributed by atoms with van der Waals surface area (Å²) in [5, 5.41) is 0. The maximum atomic E-state index is 12.4. The maximum absolute atomic E-state index is 12.4. The first-order valence-electron chi connectivity index (χ1n) is 5.80. The number of pyridine rings is 1. The summed E-state index contributed by atoms with van der Waals surface area (Å²) in [5.41, 5.74) is 2.85. The third kappa shape index (κ3) is 2.67. The van der Waals surface area contributed by atoms with Crippen molar-refractivity contribution in [3.63, 3.8) is 0 Å². The monoisotopic (exact) mass is 303 g/mol. The van der Waals surface area contributed by atoms with Crippen LogP contribution in [0.4, 0.5) is 0 Å². The van der Waals surface area contributed by atoms with Crippen LogP contribution in [-0.4, -0.2) is 10.8 Å². The molecule has 2 nitrogen and oxygen atoms in total. The number of carbonyl (C=O) groups is 1. The second-order valence-corrected chi connectivity index (χ2v) is 5.20. The fourth-order valence-corrected chi connectivity index (χ4v) is 2.55. The number of hydrogen-bond donors (Lipinski definition) is 0. The molecule has 2 aromatic rings. The Morgan fingerprint density at radius 3 is 2.50 bits per heavy atom. The number of carbonyl (C=O) groups excluding carboxylic acids is 1. The minimum Gasteiger partial charge on any atom is -0.293 e. The molecule has 0 amide bonds. The molecule has 0 aliphatic rings. The molecule has 0 saturated heterocycles. The summed E-state index contributed by atoms with van der Waals surface area (Å²) >= 11 is 3.46. The highest BCUT2D eigenvalue weighted by molar-refractivity contribution is 9.10. The Hall–Kier alpha value is -1.48. The number of aromatic nitrogens is 1. The second-order valence-electron chi connectivity index (χ2n) is 4.35. The molecule has 0 saturated carbocycles. The van der Waals surface area contributed by atoms with E-state index in [9.17, 15) is 4.79 Å². The van der Waals surface area contributed by atoms with E-state index in [1.165, 1.54) is 0 Å². The van der Waals surface area contributed by atoms with Crippen molar-refractivity contribution >= 4 is 21.7 Å². The zero-order valence-corrected chi connectivity index (χ0v) is 11.9. The van der Waals surface area contributed by atoms with Crippen LogP contribution in [0.15, 0.2) is 47.2 Å². The van der Waals surface area contributed by atoms with Crippen molar-refractivity contribution in [1.82, 2.24) is 4.98 Å². The van der Waals surface area contributed by atoms with Crippen LogP contribution in [-0.2, 0) is 0 Å². The Labute approximate surface area is 115 Å². The van der Waals surface area contributed by atoms with Crippen molar-refractivity contribution < 1.29 is 4.79 Å². The van der Waals surface area contributed by atoms with Crippen molar-refractivity contribution in [2.75, 3.05) is 0 Å². The second kappa shape index (κ2) is 5.44. The number of benzene rings is 1. The van der Waals surface area contributed by atoms with Gasteiger partial charge >= 0.3 is 0 Å². The molecule has 1 atom stereocenters. The molecule has 0 fully saturated rings. The van der Waals surface area contributed by atoms with E-state index in [4.69, 9.17) is 0 Å². The molecular formula is C15H14BrNO. The van der Waals surface area contributed by atoms with Crippen LogP contribution >= 0.6 is 15.9 Å². The van der Waals surface area contributed by atoms with Gasteiger partial charge in [0.1, 0.15) is 0 Å². The molecule has 0 spiro atoms. The number of Topliss-reactive ketones (excluding diaryl/α,β-unsaturated/α-hetero) is 1. The minimum atomic E-state index is -0.160. The van der Waals surface area contributed by atoms with E-state index >= 15 is 0 Å². The van der Waals surface area contributed by atoms with Crippen LogP contribution in [0.2, 0.25) is 0 Å². The number of aryl methyl sites for hydroxylation is 1. The first-order valence-corrected chi connectivity index (χ1v) is 6.59. The predicted octanol–water partition coefficient (Wildman–Crippen LogP) is 4.14. The molecule has 1 aromatic heterocycles. The lowest BCUT2D eigenvalue weighted by molar-refractivity contribution is 0.0965. The summed E-state index contributed by atoms with van der Waals surface area (Å²) in [6, 6.07) is 9.55. The molecule has 92 valence electrons. The molecule has 18 heavy (non-hydrogen) atoms. The highest BCUT2D eigenvalue weighted by Gasteiger charge is 2.19. The van der Waals surface area contributed by atoms with Gasteiger partial charge in [0.05, 0.1) is 0 Å². The van der Waals surface area contributed by atoms with E-state index < -0.39 is 0 Å². The van der Waals surface area contributed by atoms with E-state index in [1.54, 1.807) is 12.4 Å². The Morgan fingerprint density at radius 1 is 1.22 bits per heavy atom. The third-order valence-electron chi connectivity index (χ3n) is 2.99. The van der Waals surface area contributed by atoms with Crippen LogP contribution in [0.25, 0.3) is 0 Å². The van der Waals surface area contributed by atoms with Crippen molar-refractivity contribution in [1.29, 1.82) is 0 Å². The standard InChI is InChI=1S/C15H14BrNO/c1-10-3-4-13(14(16)9-10)15(18)11(2)12-5-7-17-8-6-12/h3-9,11H,1-2H3. The molecule has 0 radical (unpaired) electrons. The van der Waals surface area contributed by atoms with Gasteiger partial charge in [0.2, 0.25) is 0 Å². The number of halogens is 1. The van der Waals surface area contributed by atoms with Gasteiger partial charge in [-0.25, -0.2) is 0 Å². The van der Waals surface area contributed by atoms with E-state index in [0.717, 1.165) is 21.2 Å². The van der Waals surface area contributed by atoms with Gasteiger partial charge in [0.15, 0.2) is 5.78 Å². The topological polar surface area (TPSA) is 30.0 Å². The average molecular weight is 304 g/mol. The maximum Gasteiger partial charge on any atom is 0.171 e. The zero-order chi connectivity index (χ0) is 13.1. The Bertz CT molecular complexity index is 566. The molecule has 1 unspecified atom stereocenters. The highest BCUT2D eigenvalue weighted by Crippen LogP contribution is 2.25. The molecule has 1 aromatic carbocycles. The van der Waals surface area contributed by atoms with Crippen molar-refractivity contribution in [3.05, 3.63) is 63.9 Å². The smallest absolute Gasteiger partial charge is 0.171 e. The summed E-state index contributed by atoms with van der Waals surface area (Å²) in [6.07, 6.45) is 3.42. The lowest BCUT2D eigenvalue weighted by Gasteiger charge is -2.12. The number of rotatable bonds is 3. The van der Waals surface area contributed by atoms with E-state index in [2.05, 4.69) is 20.9 Å².